The third kappa shape index (κ3) is 4.88. The van der Waals surface area contributed by atoms with E-state index in [4.69, 9.17) is 5.73 Å². The van der Waals surface area contributed by atoms with Crippen molar-refractivity contribution in [3.8, 4) is 5.75 Å². The van der Waals surface area contributed by atoms with Crippen molar-refractivity contribution in [1.82, 2.24) is 4.90 Å². The summed E-state index contributed by atoms with van der Waals surface area (Å²) >= 11 is 0. The van der Waals surface area contributed by atoms with Crippen LogP contribution in [0, 0.1) is 17.8 Å². The first-order valence-electron chi connectivity index (χ1n) is 15.1. The van der Waals surface area contributed by atoms with Gasteiger partial charge in [0.1, 0.15) is 22.8 Å². The van der Waals surface area contributed by atoms with Gasteiger partial charge in [0, 0.05) is 44.2 Å². The maximum absolute atomic E-state index is 13.8. The summed E-state index contributed by atoms with van der Waals surface area (Å²) in [6.07, 6.45) is 7.71. The molecule has 3 atom stereocenters. The molecule has 4 aliphatic rings. The third-order valence-corrected chi connectivity index (χ3v) is 9.98. The molecule has 0 aliphatic heterocycles. The number of hydrogen-bond acceptors (Lipinski definition) is 9. The van der Waals surface area contributed by atoms with Crippen LogP contribution in [0.5, 0.6) is 5.75 Å². The van der Waals surface area contributed by atoms with Crippen LogP contribution in [0.1, 0.15) is 75.0 Å². The summed E-state index contributed by atoms with van der Waals surface area (Å²) in [4.78, 5) is 42.6. The Kier molecular flexibility index (Phi) is 8.15. The molecule has 228 valence electrons. The molecule has 2 saturated carbocycles. The standard InChI is InChI=1S/C32H43N3O7/c1-4-35(11-10-17-8-6-5-7-9-17)16-19-14-22(36)25-21(27(19)34(2)3)13-18-12-20-15-23(37)26(31(33)41)30(40)32(20,42)29(39)24(18)28(25)38/h14,17-18,20,36,38,40,42H,4-13,15-16H2,1-3H3,(H2,33,41)/t18?,20-,32-/m0/s1. The number of amides is 1. The minimum Gasteiger partial charge on any atom is -0.508 e. The summed E-state index contributed by atoms with van der Waals surface area (Å²) in [6, 6.07) is 1.64. The minimum atomic E-state index is -2.56. The Bertz CT molecular complexity index is 1370. The second-order valence-corrected chi connectivity index (χ2v) is 12.7. The third-order valence-electron chi connectivity index (χ3n) is 9.98. The van der Waals surface area contributed by atoms with Gasteiger partial charge >= 0.3 is 0 Å². The molecule has 0 spiro atoms. The molecule has 6 N–H and O–H groups in total. The van der Waals surface area contributed by atoms with E-state index in [-0.39, 0.29) is 36.1 Å². The first-order valence-corrected chi connectivity index (χ1v) is 15.1. The van der Waals surface area contributed by atoms with E-state index in [0.29, 0.717) is 12.1 Å². The van der Waals surface area contributed by atoms with Gasteiger partial charge in [-0.15, -0.1) is 0 Å². The summed E-state index contributed by atoms with van der Waals surface area (Å²) in [5.74, 6) is -5.43. The molecule has 0 radical (unpaired) electrons. The van der Waals surface area contributed by atoms with Gasteiger partial charge in [-0.25, -0.2) is 0 Å². The molecule has 0 aromatic heterocycles. The molecule has 2 fully saturated rings. The number of primary amides is 1. The Hall–Kier alpha value is -3.37. The molecule has 10 nitrogen and oxygen atoms in total. The van der Waals surface area contributed by atoms with Gasteiger partial charge in [0.15, 0.2) is 11.4 Å². The lowest BCUT2D eigenvalue weighted by molar-refractivity contribution is -0.147. The molecular formula is C32H43N3O7. The predicted molar refractivity (Wildman–Crippen MR) is 158 cm³/mol. The van der Waals surface area contributed by atoms with Crippen LogP contribution >= 0.6 is 0 Å². The molecule has 10 heteroatoms. The number of carbonyl (C=O) groups excluding carboxylic acids is 3. The monoisotopic (exact) mass is 581 g/mol. The maximum atomic E-state index is 13.8. The molecule has 4 aliphatic carbocycles. The number of hydrogen-bond donors (Lipinski definition) is 5. The predicted octanol–water partition coefficient (Wildman–Crippen LogP) is 3.28. The van der Waals surface area contributed by atoms with Crippen LogP contribution in [-0.4, -0.2) is 75.6 Å². The largest absolute Gasteiger partial charge is 0.508 e. The fourth-order valence-corrected chi connectivity index (χ4v) is 7.85. The Balaban J connectivity index is 1.53. The molecule has 1 aromatic carbocycles. The topological polar surface area (TPSA) is 165 Å². The highest BCUT2D eigenvalue weighted by molar-refractivity contribution is 6.22. The molecule has 0 bridgehead atoms. The molecule has 1 aromatic rings. The van der Waals surface area contributed by atoms with E-state index in [1.807, 2.05) is 19.0 Å². The zero-order chi connectivity index (χ0) is 30.5. The fourth-order valence-electron chi connectivity index (χ4n) is 7.85. The molecule has 42 heavy (non-hydrogen) atoms. The molecule has 1 unspecified atom stereocenters. The van der Waals surface area contributed by atoms with Gasteiger partial charge in [0.25, 0.3) is 5.91 Å². The van der Waals surface area contributed by atoms with Gasteiger partial charge in [-0.3, -0.25) is 19.3 Å². The van der Waals surface area contributed by atoms with E-state index < -0.39 is 52.0 Å². The van der Waals surface area contributed by atoms with E-state index >= 15 is 0 Å². The number of nitrogens with zero attached hydrogens (tertiary/aromatic N) is 2. The molecular weight excluding hydrogens is 538 g/mol. The summed E-state index contributed by atoms with van der Waals surface area (Å²) in [7, 11) is 3.81. The molecule has 5 rings (SSSR count). The zero-order valence-electron chi connectivity index (χ0n) is 24.8. The van der Waals surface area contributed by atoms with Crippen LogP contribution in [-0.2, 0) is 27.3 Å². The zero-order valence-corrected chi connectivity index (χ0v) is 24.8. The fraction of sp³-hybridized carbons (Fsp3) is 0.594. The smallest absolute Gasteiger partial charge is 0.255 e. The number of rotatable bonds is 8. The van der Waals surface area contributed by atoms with Crippen molar-refractivity contribution >= 4 is 28.9 Å². The summed E-state index contributed by atoms with van der Waals surface area (Å²) in [6.45, 7) is 4.55. The van der Waals surface area contributed by atoms with E-state index in [1.54, 1.807) is 6.07 Å². The Morgan fingerprint density at radius 2 is 1.79 bits per heavy atom. The average Bonchev–Trinajstić information content (AvgIpc) is 2.93. The second kappa shape index (κ2) is 11.4. The molecule has 0 heterocycles. The number of carbonyl (C=O) groups is 3. The lowest BCUT2D eigenvalue weighted by atomic mass is 9.59. The summed E-state index contributed by atoms with van der Waals surface area (Å²) in [5, 5.41) is 44.9. The van der Waals surface area contributed by atoms with Gasteiger partial charge in [-0.05, 0) is 61.4 Å². The van der Waals surface area contributed by atoms with Crippen molar-refractivity contribution in [3.63, 3.8) is 0 Å². The number of fused-ring (bicyclic) bond motifs is 3. The number of aromatic hydroxyl groups is 1. The van der Waals surface area contributed by atoms with Crippen LogP contribution in [0.15, 0.2) is 23.0 Å². The normalized spacial score (nSPS) is 26.3. The Labute approximate surface area is 246 Å². The first kappa shape index (κ1) is 30.1. The van der Waals surface area contributed by atoms with Gasteiger partial charge in [-0.2, -0.15) is 0 Å². The van der Waals surface area contributed by atoms with Crippen LogP contribution in [0.2, 0.25) is 0 Å². The highest BCUT2D eigenvalue weighted by Gasteiger charge is 2.60. The number of anilines is 1. The van der Waals surface area contributed by atoms with Crippen LogP contribution < -0.4 is 10.6 Å². The van der Waals surface area contributed by atoms with E-state index in [2.05, 4.69) is 11.8 Å². The van der Waals surface area contributed by atoms with Crippen LogP contribution in [0.25, 0.3) is 5.76 Å². The maximum Gasteiger partial charge on any atom is 0.255 e. The number of Topliss-reactive ketones (excluding diaryl/α,β-unsaturated/α-hetero) is 2. The van der Waals surface area contributed by atoms with E-state index in [1.165, 1.54) is 32.1 Å². The SMILES string of the molecule is CCN(CCC1CCCCC1)Cc1cc(O)c2c(c1N(C)C)CC1C[C@H]3CC(=O)C(C(N)=O)=C(O)[C@@]3(O)C(=O)C1=C2O. The Morgan fingerprint density at radius 1 is 1.10 bits per heavy atom. The van der Waals surface area contributed by atoms with Gasteiger partial charge in [-0.1, -0.05) is 39.0 Å². The molecule has 1 amide bonds. The van der Waals surface area contributed by atoms with Gasteiger partial charge in [0.2, 0.25) is 5.78 Å². The lowest BCUT2D eigenvalue weighted by Gasteiger charge is -2.46. The van der Waals surface area contributed by atoms with Crippen molar-refractivity contribution in [2.75, 3.05) is 32.1 Å². The number of aliphatic hydroxyl groups is 3. The van der Waals surface area contributed by atoms with Crippen molar-refractivity contribution in [3.05, 3.63) is 39.7 Å². The number of ketones is 2. The summed E-state index contributed by atoms with van der Waals surface area (Å²) < 4.78 is 0. The van der Waals surface area contributed by atoms with Crippen LogP contribution in [0.4, 0.5) is 5.69 Å². The quantitative estimate of drug-likeness (QED) is 0.290. The summed E-state index contributed by atoms with van der Waals surface area (Å²) in [5.41, 5.74) is 4.39. The number of aliphatic hydroxyl groups excluding tert-OH is 2. The number of nitrogens with two attached hydrogens (primary N) is 1. The van der Waals surface area contributed by atoms with Crippen molar-refractivity contribution in [2.45, 2.75) is 76.9 Å². The van der Waals surface area contributed by atoms with Gasteiger partial charge in [0.05, 0.1) is 5.56 Å². The van der Waals surface area contributed by atoms with E-state index in [9.17, 15) is 34.8 Å². The number of phenolic OH excluding ortho intramolecular Hbond substituents is 1. The Morgan fingerprint density at radius 3 is 2.40 bits per heavy atom. The van der Waals surface area contributed by atoms with Crippen molar-refractivity contribution in [2.24, 2.45) is 23.5 Å². The highest BCUT2D eigenvalue weighted by Crippen LogP contribution is 2.53. The first-order chi connectivity index (χ1) is 19.9. The minimum absolute atomic E-state index is 0.114. The second-order valence-electron chi connectivity index (χ2n) is 12.7. The molecule has 0 saturated heterocycles. The number of phenols is 1. The van der Waals surface area contributed by atoms with Crippen molar-refractivity contribution in [1.29, 1.82) is 0 Å². The number of benzene rings is 1. The lowest BCUT2D eigenvalue weighted by Crippen LogP contribution is -2.58. The van der Waals surface area contributed by atoms with E-state index in [0.717, 1.165) is 36.7 Å². The average molecular weight is 582 g/mol. The highest BCUT2D eigenvalue weighted by atomic mass is 16.3. The van der Waals surface area contributed by atoms with Crippen molar-refractivity contribution < 1.29 is 34.8 Å². The van der Waals surface area contributed by atoms with Gasteiger partial charge < -0.3 is 31.1 Å². The van der Waals surface area contributed by atoms with Crippen LogP contribution in [0.3, 0.4) is 0 Å².